The lowest BCUT2D eigenvalue weighted by molar-refractivity contribution is 0.191. The van der Waals surface area contributed by atoms with Crippen molar-refractivity contribution in [1.82, 2.24) is 30.0 Å². The standard InChI is InChI=1S/C23H21FN6OS/c1-31-12-2-9-26-21-19-13-17(15-3-5-18(24)6-4-15)14-27-22(19)32-23-28-20(29-30(21)23)16-7-10-25-11-8-16/h3-8,10-11,13-14,21,26H,2,9,12H2,1H3/t21-/m0/s1. The number of nitrogens with one attached hydrogen (secondary N) is 1. The summed E-state index contributed by atoms with van der Waals surface area (Å²) < 4.78 is 20.5. The molecule has 5 rings (SSSR count). The molecule has 9 heteroatoms. The minimum atomic E-state index is -0.260. The average molecular weight is 449 g/mol. The average Bonchev–Trinajstić information content (AvgIpc) is 3.26. The van der Waals surface area contributed by atoms with Crippen molar-refractivity contribution in [2.24, 2.45) is 0 Å². The molecular weight excluding hydrogens is 427 g/mol. The highest BCUT2D eigenvalue weighted by atomic mass is 32.2. The summed E-state index contributed by atoms with van der Waals surface area (Å²) in [7, 11) is 1.70. The minimum absolute atomic E-state index is 0.228. The summed E-state index contributed by atoms with van der Waals surface area (Å²) in [5.41, 5.74) is 3.75. The summed E-state index contributed by atoms with van der Waals surface area (Å²) in [6.07, 6.45) is 5.91. The molecule has 0 saturated carbocycles. The second-order valence-electron chi connectivity index (χ2n) is 7.33. The normalized spacial score (nSPS) is 14.8. The number of fused-ring (bicyclic) bond motifs is 2. The predicted octanol–water partition coefficient (Wildman–Crippen LogP) is 4.18. The Kier molecular flexibility index (Phi) is 5.93. The number of pyridine rings is 2. The molecule has 0 unspecified atom stereocenters. The Hall–Kier alpha value is -3.14. The van der Waals surface area contributed by atoms with Gasteiger partial charge in [-0.25, -0.2) is 19.0 Å². The van der Waals surface area contributed by atoms with Crippen molar-refractivity contribution in [3.05, 3.63) is 72.4 Å². The van der Waals surface area contributed by atoms with Gasteiger partial charge in [0.25, 0.3) is 0 Å². The molecule has 0 saturated heterocycles. The van der Waals surface area contributed by atoms with Crippen molar-refractivity contribution >= 4 is 11.8 Å². The fourth-order valence-corrected chi connectivity index (χ4v) is 4.53. The number of benzene rings is 1. The highest BCUT2D eigenvalue weighted by molar-refractivity contribution is 7.99. The van der Waals surface area contributed by atoms with E-state index >= 15 is 0 Å². The molecule has 0 fully saturated rings. The molecule has 4 aromatic rings. The fourth-order valence-electron chi connectivity index (χ4n) is 3.59. The maximum absolute atomic E-state index is 13.4. The Balaban J connectivity index is 1.53. The molecule has 0 aliphatic carbocycles. The summed E-state index contributed by atoms with van der Waals surface area (Å²) in [5.74, 6) is 0.383. The van der Waals surface area contributed by atoms with Crippen LogP contribution in [0.3, 0.4) is 0 Å². The van der Waals surface area contributed by atoms with Crippen LogP contribution in [0.5, 0.6) is 0 Å². The van der Waals surface area contributed by atoms with Crippen molar-refractivity contribution in [3.8, 4) is 22.5 Å². The molecule has 3 aromatic heterocycles. The van der Waals surface area contributed by atoms with Crippen LogP contribution >= 0.6 is 11.8 Å². The van der Waals surface area contributed by atoms with Gasteiger partial charge in [0.15, 0.2) is 11.0 Å². The quantitative estimate of drug-likeness (QED) is 0.425. The molecule has 32 heavy (non-hydrogen) atoms. The van der Waals surface area contributed by atoms with Crippen molar-refractivity contribution in [1.29, 1.82) is 0 Å². The van der Waals surface area contributed by atoms with Gasteiger partial charge in [-0.1, -0.05) is 12.1 Å². The molecule has 1 atom stereocenters. The van der Waals surface area contributed by atoms with E-state index in [0.717, 1.165) is 45.4 Å². The van der Waals surface area contributed by atoms with Crippen LogP contribution in [0.2, 0.25) is 0 Å². The Morgan fingerprint density at radius 3 is 2.69 bits per heavy atom. The SMILES string of the molecule is COCCCN[C@@H]1c2cc(-c3ccc(F)cc3)cnc2Sc2nc(-c3ccncc3)nn21. The second kappa shape index (κ2) is 9.15. The van der Waals surface area contributed by atoms with Gasteiger partial charge in [0, 0.05) is 49.0 Å². The van der Waals surface area contributed by atoms with E-state index in [9.17, 15) is 4.39 Å². The van der Waals surface area contributed by atoms with Gasteiger partial charge in [-0.15, -0.1) is 5.10 Å². The van der Waals surface area contributed by atoms with E-state index in [1.54, 1.807) is 31.6 Å². The second-order valence-corrected chi connectivity index (χ2v) is 8.28. The molecule has 0 bridgehead atoms. The lowest BCUT2D eigenvalue weighted by Crippen LogP contribution is -2.32. The zero-order valence-electron chi connectivity index (χ0n) is 17.4. The first-order valence-electron chi connectivity index (χ1n) is 10.3. The first-order chi connectivity index (χ1) is 15.7. The van der Waals surface area contributed by atoms with Crippen LogP contribution in [0.15, 0.2) is 71.2 Å². The molecule has 1 N–H and O–H groups in total. The smallest absolute Gasteiger partial charge is 0.194 e. The third-order valence-corrected chi connectivity index (χ3v) is 6.18. The van der Waals surface area contributed by atoms with Gasteiger partial charge in [-0.3, -0.25) is 10.3 Å². The van der Waals surface area contributed by atoms with Gasteiger partial charge in [0.05, 0.1) is 0 Å². The predicted molar refractivity (Wildman–Crippen MR) is 120 cm³/mol. The van der Waals surface area contributed by atoms with Crippen molar-refractivity contribution in [2.75, 3.05) is 20.3 Å². The number of nitrogens with zero attached hydrogens (tertiary/aromatic N) is 5. The van der Waals surface area contributed by atoms with E-state index in [0.29, 0.717) is 12.4 Å². The molecule has 0 amide bonds. The van der Waals surface area contributed by atoms with Gasteiger partial charge in [-0.2, -0.15) is 0 Å². The summed E-state index contributed by atoms with van der Waals surface area (Å²) in [6.45, 7) is 1.41. The van der Waals surface area contributed by atoms with E-state index in [2.05, 4.69) is 16.4 Å². The molecule has 4 heterocycles. The molecule has 162 valence electrons. The molecule has 0 spiro atoms. The lowest BCUT2D eigenvalue weighted by atomic mass is 10.0. The molecule has 7 nitrogen and oxygen atoms in total. The van der Waals surface area contributed by atoms with E-state index in [4.69, 9.17) is 19.8 Å². The van der Waals surface area contributed by atoms with Crippen LogP contribution in [0, 0.1) is 5.82 Å². The molecule has 1 aliphatic rings. The van der Waals surface area contributed by atoms with Gasteiger partial charge in [0.2, 0.25) is 0 Å². The lowest BCUT2D eigenvalue weighted by Gasteiger charge is -2.26. The van der Waals surface area contributed by atoms with Gasteiger partial charge in [0.1, 0.15) is 17.0 Å². The van der Waals surface area contributed by atoms with E-state index in [1.165, 1.54) is 23.9 Å². The topological polar surface area (TPSA) is 77.8 Å². The Morgan fingerprint density at radius 1 is 1.09 bits per heavy atom. The number of halogens is 1. The minimum Gasteiger partial charge on any atom is -0.385 e. The van der Waals surface area contributed by atoms with E-state index < -0.39 is 0 Å². The van der Waals surface area contributed by atoms with Crippen LogP contribution in [0.25, 0.3) is 22.5 Å². The third-order valence-electron chi connectivity index (χ3n) is 5.18. The van der Waals surface area contributed by atoms with Gasteiger partial charge >= 0.3 is 0 Å². The largest absolute Gasteiger partial charge is 0.385 e. The number of hydrogen-bond donors (Lipinski definition) is 1. The van der Waals surface area contributed by atoms with Crippen molar-refractivity contribution in [2.45, 2.75) is 22.8 Å². The van der Waals surface area contributed by atoms with Crippen LogP contribution in [0.1, 0.15) is 18.2 Å². The maximum Gasteiger partial charge on any atom is 0.194 e. The highest BCUT2D eigenvalue weighted by Crippen LogP contribution is 2.40. The molecule has 1 aromatic carbocycles. The first kappa shape index (κ1) is 20.7. The Bertz CT molecular complexity index is 1220. The van der Waals surface area contributed by atoms with Crippen LogP contribution in [0.4, 0.5) is 4.39 Å². The highest BCUT2D eigenvalue weighted by Gasteiger charge is 2.30. The number of ether oxygens (including phenoxy) is 1. The Labute approximate surface area is 189 Å². The summed E-state index contributed by atoms with van der Waals surface area (Å²) in [5, 5.41) is 10.0. The third kappa shape index (κ3) is 4.14. The number of methoxy groups -OCH3 is 1. The van der Waals surface area contributed by atoms with Crippen molar-refractivity contribution < 1.29 is 9.13 Å². The summed E-state index contributed by atoms with van der Waals surface area (Å²) in [4.78, 5) is 13.5. The van der Waals surface area contributed by atoms with Crippen LogP contribution < -0.4 is 5.32 Å². The first-order valence-corrected chi connectivity index (χ1v) is 11.1. The van der Waals surface area contributed by atoms with Crippen molar-refractivity contribution in [3.63, 3.8) is 0 Å². The van der Waals surface area contributed by atoms with Gasteiger partial charge < -0.3 is 4.74 Å². The van der Waals surface area contributed by atoms with Crippen LogP contribution in [-0.2, 0) is 4.74 Å². The van der Waals surface area contributed by atoms with Gasteiger partial charge in [-0.05, 0) is 60.6 Å². The number of hydrogen-bond acceptors (Lipinski definition) is 7. The zero-order chi connectivity index (χ0) is 21.9. The van der Waals surface area contributed by atoms with E-state index in [-0.39, 0.29) is 12.0 Å². The number of rotatable bonds is 7. The summed E-state index contributed by atoms with van der Waals surface area (Å²) in [6, 6.07) is 12.3. The number of aromatic nitrogens is 5. The fraction of sp³-hybridized carbons (Fsp3) is 0.217. The summed E-state index contributed by atoms with van der Waals surface area (Å²) >= 11 is 1.49. The van der Waals surface area contributed by atoms with Crippen LogP contribution in [-0.4, -0.2) is 45.0 Å². The molecule has 1 aliphatic heterocycles. The Morgan fingerprint density at radius 2 is 1.91 bits per heavy atom. The van der Waals surface area contributed by atoms with E-state index in [1.807, 2.05) is 23.0 Å². The maximum atomic E-state index is 13.4. The zero-order valence-corrected chi connectivity index (χ0v) is 18.2. The monoisotopic (exact) mass is 448 g/mol. The molecule has 0 radical (unpaired) electrons. The molecular formula is C23H21FN6OS.